The molecule has 9 heavy (non-hydrogen) atoms. The predicted molar refractivity (Wildman–Crippen MR) is 34.7 cm³/mol. The van der Waals surface area contributed by atoms with Crippen molar-refractivity contribution in [2.24, 2.45) is 4.99 Å². The minimum Gasteiger partial charge on any atom is -0.480 e. The van der Waals surface area contributed by atoms with Crippen molar-refractivity contribution < 1.29 is 9.47 Å². The SMILES string of the molecule is CCOC1=NCCOC1. The van der Waals surface area contributed by atoms with Gasteiger partial charge >= 0.3 is 0 Å². The maximum absolute atomic E-state index is 5.11. The Bertz CT molecular complexity index is 112. The highest BCUT2D eigenvalue weighted by Gasteiger charge is 2.03. The molecule has 0 aliphatic carbocycles. The second kappa shape index (κ2) is 3.45. The summed E-state index contributed by atoms with van der Waals surface area (Å²) in [4.78, 5) is 4.09. The fourth-order valence-corrected chi connectivity index (χ4v) is 0.694. The summed E-state index contributed by atoms with van der Waals surface area (Å²) in [5.74, 6) is 0.740. The van der Waals surface area contributed by atoms with E-state index < -0.39 is 0 Å². The molecule has 1 rings (SSSR count). The van der Waals surface area contributed by atoms with E-state index in [9.17, 15) is 0 Å². The molecule has 1 aliphatic heterocycles. The van der Waals surface area contributed by atoms with Crippen molar-refractivity contribution in [3.8, 4) is 0 Å². The zero-order chi connectivity index (χ0) is 6.53. The summed E-state index contributed by atoms with van der Waals surface area (Å²) in [6, 6.07) is 0. The topological polar surface area (TPSA) is 30.8 Å². The fraction of sp³-hybridized carbons (Fsp3) is 0.833. The average molecular weight is 129 g/mol. The van der Waals surface area contributed by atoms with Crippen LogP contribution in [0.3, 0.4) is 0 Å². The second-order valence-corrected chi connectivity index (χ2v) is 1.76. The monoisotopic (exact) mass is 129 g/mol. The summed E-state index contributed by atoms with van der Waals surface area (Å²) in [6.07, 6.45) is 0. The minimum atomic E-state index is 0.549. The molecule has 3 heteroatoms. The van der Waals surface area contributed by atoms with Crippen LogP contribution in [0.1, 0.15) is 6.92 Å². The lowest BCUT2D eigenvalue weighted by Gasteiger charge is -2.11. The molecule has 1 aliphatic rings. The van der Waals surface area contributed by atoms with E-state index in [0.29, 0.717) is 13.2 Å². The largest absolute Gasteiger partial charge is 0.480 e. The van der Waals surface area contributed by atoms with E-state index >= 15 is 0 Å². The average Bonchev–Trinajstić information content (AvgIpc) is 1.91. The van der Waals surface area contributed by atoms with E-state index in [1.807, 2.05) is 6.92 Å². The standard InChI is InChI=1S/C6H11NO2/c1-2-9-6-5-8-4-3-7-6/h2-5H2,1H3. The molecular weight excluding hydrogens is 118 g/mol. The van der Waals surface area contributed by atoms with Crippen LogP contribution in [0.5, 0.6) is 0 Å². The molecule has 0 saturated carbocycles. The maximum atomic E-state index is 5.11. The zero-order valence-electron chi connectivity index (χ0n) is 5.59. The van der Waals surface area contributed by atoms with Gasteiger partial charge in [0.1, 0.15) is 6.61 Å². The van der Waals surface area contributed by atoms with Crippen LogP contribution in [0, 0.1) is 0 Å². The van der Waals surface area contributed by atoms with Crippen molar-refractivity contribution in [3.05, 3.63) is 0 Å². The molecule has 0 unspecified atom stereocenters. The van der Waals surface area contributed by atoms with Crippen LogP contribution in [0.4, 0.5) is 0 Å². The molecule has 0 saturated heterocycles. The molecule has 0 N–H and O–H groups in total. The van der Waals surface area contributed by atoms with E-state index in [2.05, 4.69) is 4.99 Å². The molecule has 3 nitrogen and oxygen atoms in total. The smallest absolute Gasteiger partial charge is 0.210 e. The summed E-state index contributed by atoms with van der Waals surface area (Å²) < 4.78 is 10.2. The Morgan fingerprint density at radius 3 is 3.22 bits per heavy atom. The third-order valence-electron chi connectivity index (χ3n) is 1.06. The van der Waals surface area contributed by atoms with Gasteiger partial charge in [0.15, 0.2) is 0 Å². The van der Waals surface area contributed by atoms with Gasteiger partial charge in [0.05, 0.1) is 19.8 Å². The molecule has 0 radical (unpaired) electrons. The Kier molecular flexibility index (Phi) is 2.51. The van der Waals surface area contributed by atoms with Gasteiger partial charge in [-0.15, -0.1) is 0 Å². The summed E-state index contributed by atoms with van der Waals surface area (Å²) in [7, 11) is 0. The van der Waals surface area contributed by atoms with Gasteiger partial charge in [-0.25, -0.2) is 0 Å². The van der Waals surface area contributed by atoms with Gasteiger partial charge in [-0.3, -0.25) is 4.99 Å². The number of aliphatic imine (C=N–C) groups is 1. The molecule has 0 aromatic heterocycles. The van der Waals surface area contributed by atoms with Gasteiger partial charge in [-0.05, 0) is 6.92 Å². The normalized spacial score (nSPS) is 19.0. The lowest BCUT2D eigenvalue weighted by atomic mass is 10.6. The predicted octanol–water partition coefficient (Wildman–Crippen LogP) is 0.452. The molecule has 0 amide bonds. The van der Waals surface area contributed by atoms with Crippen LogP contribution in [0.15, 0.2) is 4.99 Å². The van der Waals surface area contributed by atoms with Gasteiger partial charge in [0.25, 0.3) is 0 Å². The fourth-order valence-electron chi connectivity index (χ4n) is 0.694. The lowest BCUT2D eigenvalue weighted by molar-refractivity contribution is 0.143. The summed E-state index contributed by atoms with van der Waals surface area (Å²) in [5, 5.41) is 0. The van der Waals surface area contributed by atoms with Gasteiger partial charge < -0.3 is 9.47 Å². The first-order valence-corrected chi connectivity index (χ1v) is 3.17. The molecule has 0 fully saturated rings. The second-order valence-electron chi connectivity index (χ2n) is 1.76. The highest BCUT2D eigenvalue weighted by Crippen LogP contribution is 1.92. The van der Waals surface area contributed by atoms with Gasteiger partial charge in [-0.1, -0.05) is 0 Å². The third-order valence-corrected chi connectivity index (χ3v) is 1.06. The molecule has 0 aromatic carbocycles. The van der Waals surface area contributed by atoms with Crippen molar-refractivity contribution in [2.45, 2.75) is 6.92 Å². The number of nitrogens with zero attached hydrogens (tertiary/aromatic N) is 1. The van der Waals surface area contributed by atoms with E-state index in [4.69, 9.17) is 9.47 Å². The van der Waals surface area contributed by atoms with E-state index in [-0.39, 0.29) is 0 Å². The molecule has 0 aromatic rings. The Labute approximate surface area is 54.7 Å². The molecule has 0 bridgehead atoms. The molecule has 52 valence electrons. The Morgan fingerprint density at radius 1 is 1.78 bits per heavy atom. The lowest BCUT2D eigenvalue weighted by Crippen LogP contribution is -2.20. The summed E-state index contributed by atoms with van der Waals surface area (Å²) in [5.41, 5.74) is 0. The first-order valence-electron chi connectivity index (χ1n) is 3.17. The summed E-state index contributed by atoms with van der Waals surface area (Å²) >= 11 is 0. The minimum absolute atomic E-state index is 0.549. The van der Waals surface area contributed by atoms with Crippen LogP contribution in [0.25, 0.3) is 0 Å². The van der Waals surface area contributed by atoms with E-state index in [1.54, 1.807) is 0 Å². The number of hydrogen-bond donors (Lipinski definition) is 0. The number of rotatable bonds is 1. The van der Waals surface area contributed by atoms with Crippen LogP contribution in [-0.2, 0) is 9.47 Å². The third kappa shape index (κ3) is 2.01. The quantitative estimate of drug-likeness (QED) is 0.514. The maximum Gasteiger partial charge on any atom is 0.210 e. The molecular formula is C6H11NO2. The van der Waals surface area contributed by atoms with Crippen LogP contribution < -0.4 is 0 Å². The first-order chi connectivity index (χ1) is 4.43. The van der Waals surface area contributed by atoms with E-state index in [0.717, 1.165) is 19.0 Å². The van der Waals surface area contributed by atoms with Crippen molar-refractivity contribution in [1.82, 2.24) is 0 Å². The Hall–Kier alpha value is -0.570. The first kappa shape index (κ1) is 6.55. The molecule has 1 heterocycles. The molecule has 0 spiro atoms. The zero-order valence-corrected chi connectivity index (χ0v) is 5.59. The number of hydrogen-bond acceptors (Lipinski definition) is 3. The molecule has 0 atom stereocenters. The summed E-state index contributed by atoms with van der Waals surface area (Å²) in [6.45, 7) is 4.65. The Balaban J connectivity index is 2.28. The Morgan fingerprint density at radius 2 is 2.67 bits per heavy atom. The van der Waals surface area contributed by atoms with Crippen molar-refractivity contribution >= 4 is 5.90 Å². The van der Waals surface area contributed by atoms with Gasteiger partial charge in [0.2, 0.25) is 5.90 Å². The van der Waals surface area contributed by atoms with Crippen LogP contribution in [-0.4, -0.2) is 32.3 Å². The highest BCUT2D eigenvalue weighted by molar-refractivity contribution is 5.77. The van der Waals surface area contributed by atoms with Crippen molar-refractivity contribution in [3.63, 3.8) is 0 Å². The van der Waals surface area contributed by atoms with Crippen LogP contribution >= 0.6 is 0 Å². The van der Waals surface area contributed by atoms with Crippen molar-refractivity contribution in [1.29, 1.82) is 0 Å². The van der Waals surface area contributed by atoms with E-state index in [1.165, 1.54) is 0 Å². The number of ether oxygens (including phenoxy) is 2. The van der Waals surface area contributed by atoms with Crippen molar-refractivity contribution in [2.75, 3.05) is 26.4 Å². The van der Waals surface area contributed by atoms with Gasteiger partial charge in [0, 0.05) is 0 Å². The van der Waals surface area contributed by atoms with Gasteiger partial charge in [-0.2, -0.15) is 0 Å². The van der Waals surface area contributed by atoms with Crippen LogP contribution in [0.2, 0.25) is 0 Å². The highest BCUT2D eigenvalue weighted by atomic mass is 16.5.